The standard InChI is InChI=1S/C35H42O6/c1-19-17-37-34(39-25(19)7)27-9-11-28(12-10-27)41-33(36)31-15-13-29(21(3)23(31)5)30-14-16-32(24(6)22(30)4)35-38-18-20(2)26(8)40-35/h9-16,19-20,25-26,34-35H,17-18H2,1-8H3. The van der Waals surface area contributed by atoms with Gasteiger partial charge in [-0.2, -0.15) is 0 Å². The van der Waals surface area contributed by atoms with Crippen LogP contribution < -0.4 is 4.74 Å². The molecule has 2 aliphatic heterocycles. The fraction of sp³-hybridized carbons (Fsp3) is 0.457. The maximum Gasteiger partial charge on any atom is 0.343 e. The monoisotopic (exact) mass is 558 g/mol. The van der Waals surface area contributed by atoms with Gasteiger partial charge in [-0.3, -0.25) is 0 Å². The van der Waals surface area contributed by atoms with Crippen LogP contribution in [-0.4, -0.2) is 31.4 Å². The first kappa shape index (κ1) is 29.5. The summed E-state index contributed by atoms with van der Waals surface area (Å²) in [5.74, 6) is 0.835. The van der Waals surface area contributed by atoms with Crippen molar-refractivity contribution >= 4 is 5.97 Å². The second kappa shape index (κ2) is 12.1. The summed E-state index contributed by atoms with van der Waals surface area (Å²) in [6, 6.07) is 15.5. The zero-order valence-corrected chi connectivity index (χ0v) is 25.4. The summed E-state index contributed by atoms with van der Waals surface area (Å²) in [6.07, 6.45) is -0.479. The highest BCUT2D eigenvalue weighted by Crippen LogP contribution is 2.37. The number of carbonyl (C=O) groups is 1. The second-order valence-electron chi connectivity index (χ2n) is 11.8. The molecule has 5 rings (SSSR count). The van der Waals surface area contributed by atoms with E-state index < -0.39 is 6.29 Å². The highest BCUT2D eigenvalue weighted by Gasteiger charge is 2.29. The molecule has 2 heterocycles. The Morgan fingerprint density at radius 2 is 1.20 bits per heavy atom. The van der Waals surface area contributed by atoms with Crippen molar-refractivity contribution in [3.8, 4) is 16.9 Å². The Bertz CT molecular complexity index is 1410. The van der Waals surface area contributed by atoms with E-state index in [9.17, 15) is 4.79 Å². The third kappa shape index (κ3) is 5.98. The van der Waals surface area contributed by atoms with Gasteiger partial charge in [-0.05, 0) is 93.1 Å². The lowest BCUT2D eigenvalue weighted by atomic mass is 9.88. The first-order chi connectivity index (χ1) is 19.5. The van der Waals surface area contributed by atoms with Gasteiger partial charge in [-0.1, -0.05) is 44.2 Å². The Labute approximate surface area is 243 Å². The summed E-state index contributed by atoms with van der Waals surface area (Å²) in [6.45, 7) is 18.1. The topological polar surface area (TPSA) is 63.2 Å². The van der Waals surface area contributed by atoms with E-state index in [1.807, 2.05) is 31.2 Å². The number of benzene rings is 3. The average Bonchev–Trinajstić information content (AvgIpc) is 2.95. The van der Waals surface area contributed by atoms with Gasteiger partial charge < -0.3 is 23.7 Å². The van der Waals surface area contributed by atoms with Crippen LogP contribution in [0.3, 0.4) is 0 Å². The van der Waals surface area contributed by atoms with Crippen LogP contribution in [0.4, 0.5) is 0 Å². The van der Waals surface area contributed by atoms with E-state index in [4.69, 9.17) is 23.7 Å². The number of ether oxygens (including phenoxy) is 5. The van der Waals surface area contributed by atoms with Crippen LogP contribution in [0.25, 0.3) is 11.1 Å². The summed E-state index contributed by atoms with van der Waals surface area (Å²) < 4.78 is 29.7. The highest BCUT2D eigenvalue weighted by molar-refractivity contribution is 5.94. The molecule has 0 N–H and O–H groups in total. The van der Waals surface area contributed by atoms with E-state index in [0.717, 1.165) is 38.9 Å². The van der Waals surface area contributed by atoms with Gasteiger partial charge in [0.15, 0.2) is 12.6 Å². The van der Waals surface area contributed by atoms with Gasteiger partial charge >= 0.3 is 5.97 Å². The zero-order valence-electron chi connectivity index (χ0n) is 25.4. The Morgan fingerprint density at radius 1 is 0.659 bits per heavy atom. The molecule has 2 fully saturated rings. The fourth-order valence-electron chi connectivity index (χ4n) is 5.40. The van der Waals surface area contributed by atoms with E-state index in [0.29, 0.717) is 36.4 Å². The molecule has 2 aliphatic rings. The predicted octanol–water partition coefficient (Wildman–Crippen LogP) is 7.95. The number of esters is 1. The van der Waals surface area contributed by atoms with Crippen molar-refractivity contribution in [1.29, 1.82) is 0 Å². The molecule has 41 heavy (non-hydrogen) atoms. The number of hydrogen-bond acceptors (Lipinski definition) is 6. The third-order valence-corrected chi connectivity index (χ3v) is 9.04. The molecule has 6 unspecified atom stereocenters. The molecule has 0 bridgehead atoms. The van der Waals surface area contributed by atoms with E-state index in [1.165, 1.54) is 5.56 Å². The Hall–Kier alpha value is -3.03. The Balaban J connectivity index is 1.32. The lowest BCUT2D eigenvalue weighted by Gasteiger charge is -2.34. The van der Waals surface area contributed by atoms with Gasteiger partial charge in [0, 0.05) is 23.0 Å². The van der Waals surface area contributed by atoms with Crippen LogP contribution in [-0.2, 0) is 18.9 Å². The third-order valence-electron chi connectivity index (χ3n) is 9.04. The molecule has 0 aromatic heterocycles. The molecule has 0 radical (unpaired) electrons. The molecule has 0 aliphatic carbocycles. The largest absolute Gasteiger partial charge is 0.423 e. The number of carbonyl (C=O) groups excluding carboxylic acids is 1. The second-order valence-corrected chi connectivity index (χ2v) is 11.8. The lowest BCUT2D eigenvalue weighted by molar-refractivity contribution is -0.233. The number of rotatable bonds is 5. The van der Waals surface area contributed by atoms with E-state index in [2.05, 4.69) is 60.6 Å². The summed E-state index contributed by atoms with van der Waals surface area (Å²) >= 11 is 0. The molecule has 6 atom stereocenters. The quantitative estimate of drug-likeness (QED) is 0.234. The van der Waals surface area contributed by atoms with E-state index in [-0.39, 0.29) is 24.5 Å². The maximum absolute atomic E-state index is 13.2. The van der Waals surface area contributed by atoms with Gasteiger partial charge in [-0.25, -0.2) is 4.79 Å². The fourth-order valence-corrected chi connectivity index (χ4v) is 5.40. The van der Waals surface area contributed by atoms with Gasteiger partial charge in [0.2, 0.25) is 0 Å². The maximum atomic E-state index is 13.2. The highest BCUT2D eigenvalue weighted by atomic mass is 16.7. The van der Waals surface area contributed by atoms with Crippen LogP contribution in [0, 0.1) is 39.5 Å². The lowest BCUT2D eigenvalue weighted by Crippen LogP contribution is -2.32. The molecule has 6 heteroatoms. The Kier molecular flexibility index (Phi) is 8.67. The zero-order chi connectivity index (χ0) is 29.4. The van der Waals surface area contributed by atoms with Crippen molar-refractivity contribution in [2.45, 2.75) is 80.2 Å². The smallest absolute Gasteiger partial charge is 0.343 e. The summed E-state index contributed by atoms with van der Waals surface area (Å²) in [5.41, 5.74) is 9.04. The van der Waals surface area contributed by atoms with Gasteiger partial charge in [0.25, 0.3) is 0 Å². The number of hydrogen-bond donors (Lipinski definition) is 0. The predicted molar refractivity (Wildman–Crippen MR) is 159 cm³/mol. The van der Waals surface area contributed by atoms with E-state index in [1.54, 1.807) is 12.1 Å². The van der Waals surface area contributed by atoms with Crippen LogP contribution in [0.2, 0.25) is 0 Å². The average molecular weight is 559 g/mol. The summed E-state index contributed by atoms with van der Waals surface area (Å²) in [5, 5.41) is 0. The molecule has 218 valence electrons. The van der Waals surface area contributed by atoms with Crippen LogP contribution in [0.5, 0.6) is 5.75 Å². The normalized spacial score (nSPS) is 26.5. The molecular formula is C35H42O6. The SMILES string of the molecule is Cc1c(C(=O)Oc2ccc(C3OCC(C)C(C)O3)cc2)ccc(-c2ccc(C3OCC(C)C(C)O3)c(C)c2C)c1C. The molecule has 3 aromatic carbocycles. The molecule has 0 amide bonds. The molecule has 3 aromatic rings. The first-order valence-electron chi connectivity index (χ1n) is 14.6. The van der Waals surface area contributed by atoms with Crippen LogP contribution >= 0.6 is 0 Å². The molecule has 6 nitrogen and oxygen atoms in total. The van der Waals surface area contributed by atoms with Crippen molar-refractivity contribution < 1.29 is 28.5 Å². The van der Waals surface area contributed by atoms with Crippen molar-refractivity contribution in [2.24, 2.45) is 11.8 Å². The van der Waals surface area contributed by atoms with Crippen molar-refractivity contribution in [3.63, 3.8) is 0 Å². The van der Waals surface area contributed by atoms with Crippen LogP contribution in [0.1, 0.15) is 84.0 Å². The Morgan fingerprint density at radius 3 is 1.80 bits per heavy atom. The summed E-state index contributed by atoms with van der Waals surface area (Å²) in [7, 11) is 0. The van der Waals surface area contributed by atoms with Crippen molar-refractivity contribution in [1.82, 2.24) is 0 Å². The summed E-state index contributed by atoms with van der Waals surface area (Å²) in [4.78, 5) is 13.2. The molecule has 0 saturated carbocycles. The molecule has 0 spiro atoms. The molecule has 2 saturated heterocycles. The van der Waals surface area contributed by atoms with Gasteiger partial charge in [0.05, 0.1) is 31.0 Å². The molecular weight excluding hydrogens is 516 g/mol. The van der Waals surface area contributed by atoms with E-state index >= 15 is 0 Å². The van der Waals surface area contributed by atoms with Crippen molar-refractivity contribution in [3.05, 3.63) is 87.5 Å². The first-order valence-corrected chi connectivity index (χ1v) is 14.6. The minimum atomic E-state index is -0.403. The van der Waals surface area contributed by atoms with Crippen molar-refractivity contribution in [2.75, 3.05) is 13.2 Å². The van der Waals surface area contributed by atoms with Gasteiger partial charge in [-0.15, -0.1) is 0 Å². The van der Waals surface area contributed by atoms with Crippen LogP contribution in [0.15, 0.2) is 48.5 Å². The minimum Gasteiger partial charge on any atom is -0.423 e. The minimum absolute atomic E-state index is 0.124. The van der Waals surface area contributed by atoms with Gasteiger partial charge in [0.1, 0.15) is 5.75 Å².